The summed E-state index contributed by atoms with van der Waals surface area (Å²) in [5.74, 6) is -0.178. The first-order chi connectivity index (χ1) is 6.72. The monoisotopic (exact) mass is 198 g/mol. The molecule has 0 aromatic rings. The molecule has 0 saturated heterocycles. The zero-order chi connectivity index (χ0) is 10.8. The lowest BCUT2D eigenvalue weighted by molar-refractivity contribution is -0.138. The van der Waals surface area contributed by atoms with Crippen molar-refractivity contribution in [3.63, 3.8) is 0 Å². The highest BCUT2D eigenvalue weighted by atomic mass is 16.5. The SMILES string of the molecule is CCCCCC/C=C(/C)C(=O)OCC. The predicted molar refractivity (Wildman–Crippen MR) is 59.1 cm³/mol. The van der Waals surface area contributed by atoms with Gasteiger partial charge in [-0.1, -0.05) is 32.3 Å². The smallest absolute Gasteiger partial charge is 0.333 e. The lowest BCUT2D eigenvalue weighted by Crippen LogP contribution is -2.04. The van der Waals surface area contributed by atoms with Crippen LogP contribution >= 0.6 is 0 Å². The first kappa shape index (κ1) is 13.2. The van der Waals surface area contributed by atoms with Crippen LogP contribution in [0.25, 0.3) is 0 Å². The number of hydrogen-bond donors (Lipinski definition) is 0. The Balaban J connectivity index is 3.60. The third-order valence-corrected chi connectivity index (χ3v) is 2.11. The highest BCUT2D eigenvalue weighted by Gasteiger charge is 2.02. The van der Waals surface area contributed by atoms with Crippen molar-refractivity contribution in [2.24, 2.45) is 0 Å². The molecule has 0 aliphatic carbocycles. The molecule has 0 aliphatic heterocycles. The molecule has 14 heavy (non-hydrogen) atoms. The van der Waals surface area contributed by atoms with Gasteiger partial charge in [0.1, 0.15) is 0 Å². The molecule has 0 aromatic heterocycles. The zero-order valence-corrected chi connectivity index (χ0v) is 9.64. The Bertz CT molecular complexity index is 183. The highest BCUT2D eigenvalue weighted by molar-refractivity contribution is 5.87. The van der Waals surface area contributed by atoms with Crippen LogP contribution in [0.4, 0.5) is 0 Å². The number of esters is 1. The van der Waals surface area contributed by atoms with Gasteiger partial charge in [0.25, 0.3) is 0 Å². The van der Waals surface area contributed by atoms with Crippen LogP contribution in [0.2, 0.25) is 0 Å². The first-order valence-corrected chi connectivity index (χ1v) is 5.56. The van der Waals surface area contributed by atoms with Gasteiger partial charge >= 0.3 is 5.97 Å². The van der Waals surface area contributed by atoms with E-state index in [1.807, 2.05) is 19.9 Å². The summed E-state index contributed by atoms with van der Waals surface area (Å²) < 4.78 is 4.87. The molecule has 0 spiro atoms. The number of carbonyl (C=O) groups excluding carboxylic acids is 1. The molecule has 0 aliphatic rings. The molecule has 0 rings (SSSR count). The van der Waals surface area contributed by atoms with Crippen molar-refractivity contribution in [3.05, 3.63) is 11.6 Å². The van der Waals surface area contributed by atoms with Gasteiger partial charge in [0.05, 0.1) is 6.61 Å². The van der Waals surface area contributed by atoms with Crippen molar-refractivity contribution in [1.29, 1.82) is 0 Å². The Labute approximate surface area is 87.3 Å². The summed E-state index contributed by atoms with van der Waals surface area (Å²) in [5.41, 5.74) is 0.739. The Morgan fingerprint density at radius 2 is 1.93 bits per heavy atom. The normalized spacial score (nSPS) is 11.5. The molecule has 0 saturated carbocycles. The van der Waals surface area contributed by atoms with Gasteiger partial charge in [-0.3, -0.25) is 0 Å². The molecule has 0 heterocycles. The summed E-state index contributed by atoms with van der Waals surface area (Å²) in [6.45, 7) is 6.30. The molecule has 0 N–H and O–H groups in total. The van der Waals surface area contributed by atoms with Gasteiger partial charge in [0.2, 0.25) is 0 Å². The Kier molecular flexibility index (Phi) is 8.30. The summed E-state index contributed by atoms with van der Waals surface area (Å²) in [4.78, 5) is 11.2. The second-order valence-electron chi connectivity index (χ2n) is 3.46. The van der Waals surface area contributed by atoms with Crippen molar-refractivity contribution >= 4 is 5.97 Å². The number of unbranched alkanes of at least 4 members (excludes halogenated alkanes) is 4. The minimum Gasteiger partial charge on any atom is -0.463 e. The number of carbonyl (C=O) groups is 1. The largest absolute Gasteiger partial charge is 0.463 e. The van der Waals surface area contributed by atoms with Crippen LogP contribution in [0.3, 0.4) is 0 Å². The van der Waals surface area contributed by atoms with E-state index in [0.717, 1.165) is 12.0 Å². The van der Waals surface area contributed by atoms with Crippen LogP contribution in [-0.2, 0) is 9.53 Å². The van der Waals surface area contributed by atoms with Crippen molar-refractivity contribution < 1.29 is 9.53 Å². The Hall–Kier alpha value is -0.790. The molecule has 82 valence electrons. The minimum atomic E-state index is -0.178. The number of allylic oxidation sites excluding steroid dienone is 1. The van der Waals surface area contributed by atoms with Crippen molar-refractivity contribution in [1.82, 2.24) is 0 Å². The Morgan fingerprint density at radius 3 is 2.50 bits per heavy atom. The van der Waals surface area contributed by atoms with Crippen LogP contribution in [0, 0.1) is 0 Å². The maximum absolute atomic E-state index is 11.2. The van der Waals surface area contributed by atoms with Gasteiger partial charge in [-0.2, -0.15) is 0 Å². The van der Waals surface area contributed by atoms with Crippen LogP contribution in [0.1, 0.15) is 52.9 Å². The van der Waals surface area contributed by atoms with Crippen molar-refractivity contribution in [2.75, 3.05) is 6.61 Å². The molecule has 0 aromatic carbocycles. The second kappa shape index (κ2) is 8.79. The molecule has 0 atom stereocenters. The average Bonchev–Trinajstić information content (AvgIpc) is 2.17. The fourth-order valence-corrected chi connectivity index (χ4v) is 1.22. The minimum absolute atomic E-state index is 0.178. The van der Waals surface area contributed by atoms with Gasteiger partial charge in [-0.25, -0.2) is 4.79 Å². The van der Waals surface area contributed by atoms with Crippen LogP contribution in [0.5, 0.6) is 0 Å². The molecular formula is C12H22O2. The van der Waals surface area contributed by atoms with Gasteiger partial charge in [0, 0.05) is 5.57 Å². The van der Waals surface area contributed by atoms with E-state index < -0.39 is 0 Å². The second-order valence-corrected chi connectivity index (χ2v) is 3.46. The van der Waals surface area contributed by atoms with Crippen molar-refractivity contribution in [3.8, 4) is 0 Å². The zero-order valence-electron chi connectivity index (χ0n) is 9.64. The predicted octanol–water partition coefficient (Wildman–Crippen LogP) is 3.47. The van der Waals surface area contributed by atoms with E-state index in [2.05, 4.69) is 6.92 Å². The number of ether oxygens (including phenoxy) is 1. The Morgan fingerprint density at radius 1 is 1.21 bits per heavy atom. The highest BCUT2D eigenvalue weighted by Crippen LogP contribution is 2.06. The topological polar surface area (TPSA) is 26.3 Å². The van der Waals surface area contributed by atoms with Gasteiger partial charge in [0.15, 0.2) is 0 Å². The molecular weight excluding hydrogens is 176 g/mol. The lowest BCUT2D eigenvalue weighted by Gasteiger charge is -2.01. The van der Waals surface area contributed by atoms with Crippen LogP contribution in [0.15, 0.2) is 11.6 Å². The van der Waals surface area contributed by atoms with Gasteiger partial charge < -0.3 is 4.74 Å². The van der Waals surface area contributed by atoms with E-state index in [9.17, 15) is 4.79 Å². The number of rotatable bonds is 7. The molecule has 0 unspecified atom stereocenters. The van der Waals surface area contributed by atoms with Gasteiger partial charge in [-0.05, 0) is 26.7 Å². The van der Waals surface area contributed by atoms with Gasteiger partial charge in [-0.15, -0.1) is 0 Å². The first-order valence-electron chi connectivity index (χ1n) is 5.56. The molecule has 0 bridgehead atoms. The molecule has 0 radical (unpaired) electrons. The molecule has 0 fully saturated rings. The third kappa shape index (κ3) is 6.70. The van der Waals surface area contributed by atoms with E-state index in [1.165, 1.54) is 25.7 Å². The van der Waals surface area contributed by atoms with E-state index in [0.29, 0.717) is 6.61 Å². The van der Waals surface area contributed by atoms with Crippen molar-refractivity contribution in [2.45, 2.75) is 52.9 Å². The molecule has 0 amide bonds. The number of hydrogen-bond acceptors (Lipinski definition) is 2. The molecule has 2 heteroatoms. The van der Waals surface area contributed by atoms with E-state index in [-0.39, 0.29) is 5.97 Å². The summed E-state index contributed by atoms with van der Waals surface area (Å²) in [7, 11) is 0. The average molecular weight is 198 g/mol. The quantitative estimate of drug-likeness (QED) is 0.356. The standard InChI is InChI=1S/C12H22O2/c1-4-6-7-8-9-10-11(3)12(13)14-5-2/h10H,4-9H2,1-3H3/b11-10-. The summed E-state index contributed by atoms with van der Waals surface area (Å²) in [6.07, 6.45) is 7.93. The fourth-order valence-electron chi connectivity index (χ4n) is 1.22. The fraction of sp³-hybridized carbons (Fsp3) is 0.750. The summed E-state index contributed by atoms with van der Waals surface area (Å²) in [6, 6.07) is 0. The van der Waals surface area contributed by atoms with Crippen LogP contribution < -0.4 is 0 Å². The lowest BCUT2D eigenvalue weighted by atomic mass is 10.1. The van der Waals surface area contributed by atoms with Crippen LogP contribution in [-0.4, -0.2) is 12.6 Å². The summed E-state index contributed by atoms with van der Waals surface area (Å²) >= 11 is 0. The van der Waals surface area contributed by atoms with E-state index in [4.69, 9.17) is 4.74 Å². The van der Waals surface area contributed by atoms with E-state index in [1.54, 1.807) is 0 Å². The third-order valence-electron chi connectivity index (χ3n) is 2.11. The molecule has 2 nitrogen and oxygen atoms in total. The maximum Gasteiger partial charge on any atom is 0.333 e. The summed E-state index contributed by atoms with van der Waals surface area (Å²) in [5, 5.41) is 0. The van der Waals surface area contributed by atoms with E-state index >= 15 is 0 Å². The maximum atomic E-state index is 11.2.